The van der Waals surface area contributed by atoms with E-state index in [4.69, 9.17) is 15.2 Å². The van der Waals surface area contributed by atoms with Crippen LogP contribution in [-0.4, -0.2) is 48.9 Å². The van der Waals surface area contributed by atoms with E-state index in [1.165, 1.54) is 6.08 Å². The molecule has 2 aromatic rings. The van der Waals surface area contributed by atoms with E-state index >= 15 is 0 Å². The highest BCUT2D eigenvalue weighted by molar-refractivity contribution is 5.93. The molecule has 4 N–H and O–H groups in total. The molecule has 3 rings (SSSR count). The Balaban J connectivity index is 1.89. The molecule has 1 aliphatic rings. The average Bonchev–Trinajstić information content (AvgIpc) is 3.12. The lowest BCUT2D eigenvalue weighted by molar-refractivity contribution is -0.172. The van der Waals surface area contributed by atoms with Crippen LogP contribution in [0, 0.1) is 6.92 Å². The van der Waals surface area contributed by atoms with Crippen molar-refractivity contribution in [2.45, 2.75) is 18.9 Å². The fraction of sp³-hybridized carbons (Fsp3) is 0.368. The van der Waals surface area contributed by atoms with E-state index in [1.807, 2.05) is 29.8 Å². The van der Waals surface area contributed by atoms with Crippen LogP contribution in [0.15, 0.2) is 47.5 Å². The Bertz CT molecular complexity index is 969. The first-order chi connectivity index (χ1) is 14.2. The van der Waals surface area contributed by atoms with Crippen molar-refractivity contribution in [1.29, 1.82) is 0 Å². The third kappa shape index (κ3) is 4.74. The zero-order valence-corrected chi connectivity index (χ0v) is 16.7. The monoisotopic (exact) mass is 424 g/mol. The van der Waals surface area contributed by atoms with Crippen LogP contribution in [0.1, 0.15) is 11.3 Å². The lowest BCUT2D eigenvalue weighted by Gasteiger charge is -2.36. The third-order valence-electron chi connectivity index (χ3n) is 4.43. The standard InChI is InChI=1S/C19H23F3N6O2/c1-12-8-28(11-25-12)15-5-4-13(6-16(15)29-3)19(24-2)26-14(7-17(23)27-19)9-30-10-18(20,21)22/h4-8,11,24,26H,9-10H2,1-3H3,(H2,23,27). The molecular formula is C19H23F3N6O2. The molecule has 2 heterocycles. The van der Waals surface area contributed by atoms with Crippen LogP contribution in [0.5, 0.6) is 5.75 Å². The van der Waals surface area contributed by atoms with Gasteiger partial charge in [-0.05, 0) is 26.1 Å². The number of hydrogen-bond donors (Lipinski definition) is 3. The first-order valence-electron chi connectivity index (χ1n) is 9.03. The van der Waals surface area contributed by atoms with Gasteiger partial charge >= 0.3 is 6.18 Å². The molecule has 0 fully saturated rings. The molecule has 1 unspecified atom stereocenters. The number of alkyl halides is 3. The quantitative estimate of drug-likeness (QED) is 0.629. The number of aliphatic imine (C=N–C) groups is 1. The molecule has 1 aliphatic heterocycles. The van der Waals surface area contributed by atoms with Gasteiger partial charge in [0.05, 0.1) is 31.4 Å². The van der Waals surface area contributed by atoms with Crippen LogP contribution >= 0.6 is 0 Å². The number of hydrogen-bond acceptors (Lipinski definition) is 7. The number of aromatic nitrogens is 2. The van der Waals surface area contributed by atoms with Gasteiger partial charge in [-0.25, -0.2) is 9.98 Å². The van der Waals surface area contributed by atoms with E-state index in [0.717, 1.165) is 11.4 Å². The first kappa shape index (κ1) is 21.7. The van der Waals surface area contributed by atoms with Gasteiger partial charge in [0.15, 0.2) is 0 Å². The van der Waals surface area contributed by atoms with Gasteiger partial charge in [-0.15, -0.1) is 0 Å². The Morgan fingerprint density at radius 2 is 2.10 bits per heavy atom. The number of methoxy groups -OCH3 is 1. The van der Waals surface area contributed by atoms with Gasteiger partial charge in [-0.3, -0.25) is 5.32 Å². The Hall–Kier alpha value is -3.05. The molecule has 8 nitrogen and oxygen atoms in total. The molecule has 0 aliphatic carbocycles. The second kappa shape index (κ2) is 8.36. The smallest absolute Gasteiger partial charge is 0.411 e. The van der Waals surface area contributed by atoms with Gasteiger partial charge in [0.1, 0.15) is 18.2 Å². The van der Waals surface area contributed by atoms with E-state index in [9.17, 15) is 13.2 Å². The van der Waals surface area contributed by atoms with Crippen molar-refractivity contribution >= 4 is 5.84 Å². The van der Waals surface area contributed by atoms with E-state index in [1.54, 1.807) is 26.6 Å². The Morgan fingerprint density at radius 1 is 1.33 bits per heavy atom. The Labute approximate surface area is 171 Å². The van der Waals surface area contributed by atoms with Crippen molar-refractivity contribution < 1.29 is 22.6 Å². The predicted octanol–water partition coefficient (Wildman–Crippen LogP) is 1.94. The van der Waals surface area contributed by atoms with Crippen molar-refractivity contribution in [3.63, 3.8) is 0 Å². The van der Waals surface area contributed by atoms with Crippen molar-refractivity contribution in [2.75, 3.05) is 27.4 Å². The first-order valence-corrected chi connectivity index (χ1v) is 9.03. The van der Waals surface area contributed by atoms with E-state index in [0.29, 0.717) is 17.0 Å². The van der Waals surface area contributed by atoms with Crippen LogP contribution in [-0.2, 0) is 10.5 Å². The fourth-order valence-corrected chi connectivity index (χ4v) is 3.12. The maximum absolute atomic E-state index is 12.4. The summed E-state index contributed by atoms with van der Waals surface area (Å²) < 4.78 is 49.3. The van der Waals surface area contributed by atoms with Crippen LogP contribution in [0.3, 0.4) is 0 Å². The number of aryl methyl sites for hydroxylation is 1. The molecule has 0 saturated heterocycles. The largest absolute Gasteiger partial charge is 0.495 e. The molecule has 0 bridgehead atoms. The van der Waals surface area contributed by atoms with Gasteiger partial charge in [-0.1, -0.05) is 6.07 Å². The second-order valence-electron chi connectivity index (χ2n) is 6.71. The SMILES string of the molecule is CNC1(c2ccc(-n3cnc(C)c3)c(OC)c2)N=C(N)C=C(COCC(F)(F)F)N1. The predicted molar refractivity (Wildman–Crippen MR) is 105 cm³/mol. The minimum Gasteiger partial charge on any atom is -0.495 e. The average molecular weight is 424 g/mol. The van der Waals surface area contributed by atoms with Gasteiger partial charge in [0.25, 0.3) is 0 Å². The molecule has 11 heteroatoms. The van der Waals surface area contributed by atoms with Crippen LogP contribution in [0.2, 0.25) is 0 Å². The summed E-state index contributed by atoms with van der Waals surface area (Å²) in [5, 5.41) is 6.12. The third-order valence-corrected chi connectivity index (χ3v) is 4.43. The minimum atomic E-state index is -4.41. The number of nitrogens with one attached hydrogen (secondary N) is 2. The number of halogens is 3. The van der Waals surface area contributed by atoms with Gasteiger partial charge < -0.3 is 25.1 Å². The van der Waals surface area contributed by atoms with Gasteiger partial charge in [-0.2, -0.15) is 13.2 Å². The lowest BCUT2D eigenvalue weighted by atomic mass is 10.0. The van der Waals surface area contributed by atoms with E-state index < -0.39 is 18.6 Å². The number of benzene rings is 1. The summed E-state index contributed by atoms with van der Waals surface area (Å²) >= 11 is 0. The lowest BCUT2D eigenvalue weighted by Crippen LogP contribution is -2.54. The molecule has 30 heavy (non-hydrogen) atoms. The zero-order valence-electron chi connectivity index (χ0n) is 16.7. The van der Waals surface area contributed by atoms with Crippen molar-refractivity contribution in [2.24, 2.45) is 10.7 Å². The van der Waals surface area contributed by atoms with Crippen molar-refractivity contribution in [1.82, 2.24) is 20.2 Å². The van der Waals surface area contributed by atoms with Gasteiger partial charge in [0.2, 0.25) is 5.79 Å². The molecule has 1 aromatic heterocycles. The van der Waals surface area contributed by atoms with E-state index in [2.05, 4.69) is 20.6 Å². The molecule has 0 saturated carbocycles. The highest BCUT2D eigenvalue weighted by Crippen LogP contribution is 2.31. The summed E-state index contributed by atoms with van der Waals surface area (Å²) in [5.74, 6) is -0.506. The highest BCUT2D eigenvalue weighted by Gasteiger charge is 2.35. The fourth-order valence-electron chi connectivity index (χ4n) is 3.12. The summed E-state index contributed by atoms with van der Waals surface area (Å²) in [5.41, 5.74) is 8.56. The van der Waals surface area contributed by atoms with Gasteiger partial charge in [0, 0.05) is 23.5 Å². The topological polar surface area (TPSA) is 98.7 Å². The number of ether oxygens (including phenoxy) is 2. The van der Waals surface area contributed by atoms with Crippen LogP contribution in [0.25, 0.3) is 5.69 Å². The molecule has 0 amide bonds. The number of rotatable bonds is 7. The molecule has 0 radical (unpaired) electrons. The molecular weight excluding hydrogens is 401 g/mol. The van der Waals surface area contributed by atoms with Crippen molar-refractivity contribution in [3.05, 3.63) is 53.8 Å². The molecule has 0 spiro atoms. The molecule has 1 atom stereocenters. The Kier molecular flexibility index (Phi) is 6.04. The van der Waals surface area contributed by atoms with E-state index in [-0.39, 0.29) is 12.4 Å². The summed E-state index contributed by atoms with van der Waals surface area (Å²) in [4.78, 5) is 8.65. The number of nitrogens with zero attached hydrogens (tertiary/aromatic N) is 3. The summed E-state index contributed by atoms with van der Waals surface area (Å²) in [6.07, 6.45) is 0.559. The molecule has 1 aromatic carbocycles. The van der Waals surface area contributed by atoms with Crippen LogP contribution in [0.4, 0.5) is 13.2 Å². The summed E-state index contributed by atoms with van der Waals surface area (Å²) in [6.45, 7) is 0.219. The van der Waals surface area contributed by atoms with Crippen molar-refractivity contribution in [3.8, 4) is 11.4 Å². The maximum Gasteiger partial charge on any atom is 0.411 e. The van der Waals surface area contributed by atoms with Crippen LogP contribution < -0.4 is 21.1 Å². The highest BCUT2D eigenvalue weighted by atomic mass is 19.4. The summed E-state index contributed by atoms with van der Waals surface area (Å²) in [6, 6.07) is 5.41. The number of amidine groups is 1. The zero-order chi connectivity index (χ0) is 21.9. The summed E-state index contributed by atoms with van der Waals surface area (Å²) in [7, 11) is 3.20. The normalized spacial score (nSPS) is 19.1. The molecule has 162 valence electrons. The maximum atomic E-state index is 12.4. The number of nitrogens with two attached hydrogens (primary N) is 1. The minimum absolute atomic E-state index is 0.141. The Morgan fingerprint density at radius 3 is 2.70 bits per heavy atom. The second-order valence-corrected chi connectivity index (χ2v) is 6.71. The number of imidazole rings is 1.